The van der Waals surface area contributed by atoms with Crippen molar-refractivity contribution in [2.45, 2.75) is 71.3 Å². The molecule has 0 aromatic heterocycles. The molecule has 0 amide bonds. The molecule has 2 heteroatoms. The maximum absolute atomic E-state index is 11.3. The Hall–Kier alpha value is -0.630. The van der Waals surface area contributed by atoms with E-state index in [1.54, 1.807) is 6.92 Å². The number of hydrogen-bond donors (Lipinski definition) is 1. The van der Waals surface area contributed by atoms with Gasteiger partial charge in [-0.25, -0.2) is 0 Å². The number of allylic oxidation sites excluding steroid dienone is 1. The number of rotatable bonds is 3. The topological polar surface area (TPSA) is 37.3 Å². The van der Waals surface area contributed by atoms with Crippen LogP contribution in [0.3, 0.4) is 0 Å². The smallest absolute Gasteiger partial charge is 0.129 e. The van der Waals surface area contributed by atoms with Crippen molar-refractivity contribution >= 4 is 5.78 Å². The lowest BCUT2D eigenvalue weighted by Gasteiger charge is -2.57. The molecule has 0 spiro atoms. The maximum Gasteiger partial charge on any atom is 0.129 e. The van der Waals surface area contributed by atoms with Crippen molar-refractivity contribution in [2.24, 2.45) is 17.3 Å². The average Bonchev–Trinajstić information content (AvgIpc) is 2.26. The minimum Gasteiger partial charge on any atom is -0.390 e. The zero-order valence-electron chi connectivity index (χ0n) is 12.7. The first-order chi connectivity index (χ1) is 8.77. The van der Waals surface area contributed by atoms with Gasteiger partial charge in [-0.2, -0.15) is 0 Å². The third-order valence-electron chi connectivity index (χ3n) is 5.77. The van der Waals surface area contributed by atoms with Crippen LogP contribution in [0.5, 0.6) is 0 Å². The monoisotopic (exact) mass is 264 g/mol. The highest BCUT2D eigenvalue weighted by atomic mass is 16.3. The summed E-state index contributed by atoms with van der Waals surface area (Å²) in [5, 5.41) is 10.7. The molecule has 19 heavy (non-hydrogen) atoms. The normalized spacial score (nSPS) is 42.8. The van der Waals surface area contributed by atoms with Crippen LogP contribution in [0.4, 0.5) is 0 Å². The highest BCUT2D eigenvalue weighted by Crippen LogP contribution is 2.58. The molecule has 0 unspecified atom stereocenters. The first-order valence-corrected chi connectivity index (χ1v) is 7.67. The molecule has 2 aliphatic carbocycles. The van der Waals surface area contributed by atoms with Crippen LogP contribution in [0.15, 0.2) is 12.2 Å². The molecule has 2 saturated carbocycles. The summed E-state index contributed by atoms with van der Waals surface area (Å²) in [6.45, 7) is 10.3. The van der Waals surface area contributed by atoms with E-state index in [1.165, 1.54) is 5.57 Å². The molecule has 0 saturated heterocycles. The van der Waals surface area contributed by atoms with E-state index in [-0.39, 0.29) is 11.2 Å². The third kappa shape index (κ3) is 2.65. The molecule has 0 bridgehead atoms. The van der Waals surface area contributed by atoms with Crippen molar-refractivity contribution in [2.75, 3.05) is 0 Å². The molecule has 0 aliphatic heterocycles. The van der Waals surface area contributed by atoms with Crippen molar-refractivity contribution in [3.63, 3.8) is 0 Å². The quantitative estimate of drug-likeness (QED) is 0.785. The van der Waals surface area contributed by atoms with Crippen LogP contribution in [0.2, 0.25) is 0 Å². The summed E-state index contributed by atoms with van der Waals surface area (Å²) in [6, 6.07) is 0. The van der Waals surface area contributed by atoms with Crippen LogP contribution in [0.1, 0.15) is 65.7 Å². The second kappa shape index (κ2) is 5.05. The first kappa shape index (κ1) is 14.8. The standard InChI is InChI=1S/C17H28O2/c1-12-6-9-15-16(3,10-5-11-17(15,4)19)14(12)8-7-13(2)18/h14-15,19H,1,5-11H2,2-4H3/t14-,15+,16+,17-/m0/s1. The van der Waals surface area contributed by atoms with E-state index in [9.17, 15) is 9.90 Å². The van der Waals surface area contributed by atoms with Crippen LogP contribution in [-0.2, 0) is 4.79 Å². The summed E-state index contributed by atoms with van der Waals surface area (Å²) in [7, 11) is 0. The summed E-state index contributed by atoms with van der Waals surface area (Å²) in [6.07, 6.45) is 6.79. The van der Waals surface area contributed by atoms with Gasteiger partial charge in [0.2, 0.25) is 0 Å². The zero-order valence-corrected chi connectivity index (χ0v) is 12.7. The summed E-state index contributed by atoms with van der Waals surface area (Å²) >= 11 is 0. The van der Waals surface area contributed by atoms with Gasteiger partial charge in [0.1, 0.15) is 5.78 Å². The van der Waals surface area contributed by atoms with Gasteiger partial charge in [-0.15, -0.1) is 0 Å². The molecule has 2 aliphatic rings. The highest BCUT2D eigenvalue weighted by molar-refractivity contribution is 5.75. The molecule has 2 nitrogen and oxygen atoms in total. The summed E-state index contributed by atoms with van der Waals surface area (Å²) in [4.78, 5) is 11.3. The van der Waals surface area contributed by atoms with Gasteiger partial charge in [-0.1, -0.05) is 25.5 Å². The van der Waals surface area contributed by atoms with E-state index in [1.807, 2.05) is 6.92 Å². The predicted molar refractivity (Wildman–Crippen MR) is 77.9 cm³/mol. The minimum absolute atomic E-state index is 0.131. The van der Waals surface area contributed by atoms with Crippen LogP contribution in [0, 0.1) is 17.3 Å². The van der Waals surface area contributed by atoms with E-state index in [2.05, 4.69) is 13.5 Å². The van der Waals surface area contributed by atoms with Gasteiger partial charge in [0, 0.05) is 6.42 Å². The summed E-state index contributed by atoms with van der Waals surface area (Å²) < 4.78 is 0. The SMILES string of the molecule is C=C1CC[C@@H]2[C@](C)(CCC[C@]2(C)O)[C@H]1CCC(C)=O. The van der Waals surface area contributed by atoms with Gasteiger partial charge in [0.25, 0.3) is 0 Å². The van der Waals surface area contributed by atoms with Crippen molar-refractivity contribution in [1.82, 2.24) is 0 Å². The van der Waals surface area contributed by atoms with Crippen molar-refractivity contribution in [3.05, 3.63) is 12.2 Å². The van der Waals surface area contributed by atoms with Crippen molar-refractivity contribution in [1.29, 1.82) is 0 Å². The minimum atomic E-state index is -0.540. The van der Waals surface area contributed by atoms with Crippen molar-refractivity contribution in [3.8, 4) is 0 Å². The van der Waals surface area contributed by atoms with E-state index in [4.69, 9.17) is 0 Å². The van der Waals surface area contributed by atoms with Gasteiger partial charge in [0.15, 0.2) is 0 Å². The second-order valence-electron chi connectivity index (χ2n) is 7.26. The summed E-state index contributed by atoms with van der Waals surface area (Å²) in [5.74, 6) is 1.03. The Morgan fingerprint density at radius 2 is 2.11 bits per heavy atom. The Morgan fingerprint density at radius 1 is 1.42 bits per heavy atom. The lowest BCUT2D eigenvalue weighted by atomic mass is 9.50. The lowest BCUT2D eigenvalue weighted by Crippen LogP contribution is -2.53. The Morgan fingerprint density at radius 3 is 2.74 bits per heavy atom. The highest BCUT2D eigenvalue weighted by Gasteiger charge is 2.53. The molecule has 2 rings (SSSR count). The molecule has 108 valence electrons. The van der Waals surface area contributed by atoms with E-state index < -0.39 is 5.60 Å². The van der Waals surface area contributed by atoms with E-state index in [0.29, 0.717) is 18.3 Å². The Balaban J connectivity index is 2.24. The van der Waals surface area contributed by atoms with Crippen LogP contribution in [-0.4, -0.2) is 16.5 Å². The molecule has 4 atom stereocenters. The van der Waals surface area contributed by atoms with E-state index in [0.717, 1.165) is 38.5 Å². The molecule has 0 heterocycles. The maximum atomic E-state index is 11.3. The largest absolute Gasteiger partial charge is 0.390 e. The third-order valence-corrected chi connectivity index (χ3v) is 5.77. The zero-order chi connectivity index (χ0) is 14.3. The average molecular weight is 264 g/mol. The fourth-order valence-electron chi connectivity index (χ4n) is 4.80. The molecular formula is C17H28O2. The van der Waals surface area contributed by atoms with Gasteiger partial charge in [-0.3, -0.25) is 0 Å². The fraction of sp³-hybridized carbons (Fsp3) is 0.824. The van der Waals surface area contributed by atoms with Crippen LogP contribution < -0.4 is 0 Å². The fourth-order valence-corrected chi connectivity index (χ4v) is 4.80. The van der Waals surface area contributed by atoms with Gasteiger partial charge in [0.05, 0.1) is 5.60 Å². The second-order valence-corrected chi connectivity index (χ2v) is 7.26. The number of hydrogen-bond acceptors (Lipinski definition) is 2. The Labute approximate surface area is 117 Å². The van der Waals surface area contributed by atoms with Gasteiger partial charge in [-0.05, 0) is 63.2 Å². The van der Waals surface area contributed by atoms with E-state index >= 15 is 0 Å². The van der Waals surface area contributed by atoms with Gasteiger partial charge >= 0.3 is 0 Å². The molecule has 0 aromatic carbocycles. The molecular weight excluding hydrogens is 236 g/mol. The molecule has 0 radical (unpaired) electrons. The number of Topliss-reactive ketones (excluding diaryl/α,β-unsaturated/α-hetero) is 1. The lowest BCUT2D eigenvalue weighted by molar-refractivity contribution is -0.128. The van der Waals surface area contributed by atoms with Gasteiger partial charge < -0.3 is 9.90 Å². The number of carbonyl (C=O) groups excluding carboxylic acids is 1. The van der Waals surface area contributed by atoms with Crippen LogP contribution in [0.25, 0.3) is 0 Å². The number of aliphatic hydroxyl groups is 1. The molecule has 2 fully saturated rings. The molecule has 1 N–H and O–H groups in total. The van der Waals surface area contributed by atoms with Crippen LogP contribution >= 0.6 is 0 Å². The van der Waals surface area contributed by atoms with Crippen molar-refractivity contribution < 1.29 is 9.90 Å². The first-order valence-electron chi connectivity index (χ1n) is 7.67. The molecule has 0 aromatic rings. The Bertz CT molecular complexity index is 383. The predicted octanol–water partition coefficient (Wildman–Crippen LogP) is 3.88. The number of carbonyl (C=O) groups is 1. The number of ketones is 1. The summed E-state index contributed by atoms with van der Waals surface area (Å²) in [5.41, 5.74) is 0.895. The number of fused-ring (bicyclic) bond motifs is 1. The Kier molecular flexibility index (Phi) is 3.92.